The Balaban J connectivity index is 3.42. The van der Waals surface area contributed by atoms with E-state index in [4.69, 9.17) is 9.47 Å². The van der Waals surface area contributed by atoms with Crippen LogP contribution in [0, 0.1) is 0 Å². The van der Waals surface area contributed by atoms with Crippen molar-refractivity contribution in [3.63, 3.8) is 0 Å². The van der Waals surface area contributed by atoms with Gasteiger partial charge in [0.2, 0.25) is 0 Å². The van der Waals surface area contributed by atoms with Gasteiger partial charge in [-0.05, 0) is 6.92 Å². The van der Waals surface area contributed by atoms with Gasteiger partial charge in [0.15, 0.2) is 13.5 Å². The Kier molecular flexibility index (Phi) is 4.60. The van der Waals surface area contributed by atoms with Gasteiger partial charge in [-0.1, -0.05) is 0 Å². The van der Waals surface area contributed by atoms with Gasteiger partial charge in [0, 0.05) is 13.7 Å². The molecule has 0 fully saturated rings. The number of rotatable bonds is 5. The molecule has 0 heterocycles. The Bertz CT molecular complexity index is 83.7. The summed E-state index contributed by atoms with van der Waals surface area (Å²) in [6.45, 7) is 4.17. The van der Waals surface area contributed by atoms with E-state index in [1.807, 2.05) is 6.92 Å². The monoisotopic (exact) mass is 148 g/mol. The van der Waals surface area contributed by atoms with Crippen LogP contribution in [0.3, 0.4) is 0 Å². The predicted molar refractivity (Wildman–Crippen MR) is 40.5 cm³/mol. The lowest BCUT2D eigenvalue weighted by Gasteiger charge is -2.27. The van der Waals surface area contributed by atoms with Crippen molar-refractivity contribution in [1.29, 1.82) is 0 Å². The number of hydrogen-bond donors (Lipinski definition) is 0. The highest BCUT2D eigenvalue weighted by molar-refractivity contribution is 4.12. The van der Waals surface area contributed by atoms with E-state index in [1.54, 1.807) is 7.11 Å². The van der Waals surface area contributed by atoms with E-state index in [0.717, 1.165) is 11.1 Å². The van der Waals surface area contributed by atoms with E-state index >= 15 is 0 Å². The molecular weight excluding hydrogens is 130 g/mol. The molecule has 0 spiro atoms. The van der Waals surface area contributed by atoms with Crippen molar-refractivity contribution in [3.05, 3.63) is 0 Å². The van der Waals surface area contributed by atoms with Gasteiger partial charge in [-0.3, -0.25) is 4.48 Å². The second kappa shape index (κ2) is 4.66. The molecule has 10 heavy (non-hydrogen) atoms. The van der Waals surface area contributed by atoms with E-state index in [0.29, 0.717) is 13.5 Å². The fraction of sp³-hybridized carbons (Fsp3) is 1.00. The van der Waals surface area contributed by atoms with Crippen molar-refractivity contribution in [2.24, 2.45) is 0 Å². The first-order valence-corrected chi connectivity index (χ1v) is 3.51. The summed E-state index contributed by atoms with van der Waals surface area (Å²) in [6, 6.07) is 0. The third-order valence-electron chi connectivity index (χ3n) is 1.12. The van der Waals surface area contributed by atoms with Crippen molar-refractivity contribution in [2.75, 3.05) is 41.3 Å². The Morgan fingerprint density at radius 1 is 1.20 bits per heavy atom. The van der Waals surface area contributed by atoms with Crippen LogP contribution < -0.4 is 0 Å². The van der Waals surface area contributed by atoms with Gasteiger partial charge in [-0.2, -0.15) is 0 Å². The van der Waals surface area contributed by atoms with E-state index in [1.165, 1.54) is 0 Å². The number of nitrogens with zero attached hydrogens (tertiary/aromatic N) is 1. The molecule has 0 aromatic rings. The van der Waals surface area contributed by atoms with Crippen LogP contribution in [0.1, 0.15) is 6.92 Å². The molecule has 0 unspecified atom stereocenters. The SMILES string of the molecule is CCOC[N+](C)(C)COC. The molecule has 0 amide bonds. The minimum atomic E-state index is 0.694. The quantitative estimate of drug-likeness (QED) is 0.421. The van der Waals surface area contributed by atoms with Gasteiger partial charge in [0.05, 0.1) is 14.1 Å². The highest BCUT2D eigenvalue weighted by atomic mass is 16.5. The topological polar surface area (TPSA) is 18.5 Å². The zero-order chi connectivity index (χ0) is 8.04. The lowest BCUT2D eigenvalue weighted by Crippen LogP contribution is -2.42. The molecular formula is C7H18NO2+. The summed E-state index contributed by atoms with van der Waals surface area (Å²) in [5, 5.41) is 0. The maximum atomic E-state index is 5.24. The van der Waals surface area contributed by atoms with Crippen LogP contribution in [0.5, 0.6) is 0 Å². The molecule has 0 aliphatic rings. The molecule has 0 radical (unpaired) electrons. The maximum Gasteiger partial charge on any atom is 0.184 e. The van der Waals surface area contributed by atoms with Crippen LogP contribution in [0.2, 0.25) is 0 Å². The Labute approximate surface area is 63.1 Å². The average molecular weight is 148 g/mol. The van der Waals surface area contributed by atoms with E-state index in [9.17, 15) is 0 Å². The molecule has 0 rings (SSSR count). The zero-order valence-corrected chi connectivity index (χ0v) is 7.39. The van der Waals surface area contributed by atoms with Crippen LogP contribution in [0.15, 0.2) is 0 Å². The van der Waals surface area contributed by atoms with Gasteiger partial charge in [0.25, 0.3) is 0 Å². The van der Waals surface area contributed by atoms with Gasteiger partial charge in [0.1, 0.15) is 0 Å². The molecule has 0 aliphatic heterocycles. The molecule has 0 aromatic carbocycles. The zero-order valence-electron chi connectivity index (χ0n) is 7.39. The Morgan fingerprint density at radius 2 is 1.80 bits per heavy atom. The van der Waals surface area contributed by atoms with Gasteiger partial charge < -0.3 is 9.47 Å². The van der Waals surface area contributed by atoms with Crippen molar-refractivity contribution >= 4 is 0 Å². The van der Waals surface area contributed by atoms with Gasteiger partial charge in [-0.15, -0.1) is 0 Å². The first-order valence-electron chi connectivity index (χ1n) is 3.51. The summed E-state index contributed by atoms with van der Waals surface area (Å²) in [6.07, 6.45) is 0. The Hall–Kier alpha value is -0.120. The largest absolute Gasteiger partial charge is 0.335 e. The lowest BCUT2D eigenvalue weighted by molar-refractivity contribution is -0.927. The Morgan fingerprint density at radius 3 is 2.20 bits per heavy atom. The first-order chi connectivity index (χ1) is 4.62. The van der Waals surface area contributed by atoms with Crippen LogP contribution in [-0.4, -0.2) is 45.8 Å². The highest BCUT2D eigenvalue weighted by Gasteiger charge is 2.12. The predicted octanol–water partition coefficient (Wildman–Crippen LogP) is 0.661. The van der Waals surface area contributed by atoms with E-state index < -0.39 is 0 Å². The second-order valence-corrected chi connectivity index (χ2v) is 2.98. The average Bonchev–Trinajstić information content (AvgIpc) is 1.84. The van der Waals surface area contributed by atoms with Crippen molar-refractivity contribution < 1.29 is 14.0 Å². The summed E-state index contributed by atoms with van der Waals surface area (Å²) in [5.74, 6) is 0. The second-order valence-electron chi connectivity index (χ2n) is 2.98. The smallest absolute Gasteiger partial charge is 0.184 e. The summed E-state index contributed by atoms with van der Waals surface area (Å²) in [4.78, 5) is 0. The molecule has 0 atom stereocenters. The third-order valence-corrected chi connectivity index (χ3v) is 1.12. The van der Waals surface area contributed by atoms with Crippen LogP contribution >= 0.6 is 0 Å². The normalized spacial score (nSPS) is 12.0. The number of methoxy groups -OCH3 is 1. The van der Waals surface area contributed by atoms with Crippen molar-refractivity contribution in [3.8, 4) is 0 Å². The van der Waals surface area contributed by atoms with Crippen LogP contribution in [-0.2, 0) is 9.47 Å². The summed E-state index contributed by atoms with van der Waals surface area (Å²) >= 11 is 0. The molecule has 0 saturated heterocycles. The number of hydrogen-bond acceptors (Lipinski definition) is 2. The molecule has 0 saturated carbocycles. The first kappa shape index (κ1) is 9.88. The maximum absolute atomic E-state index is 5.24. The number of ether oxygens (including phenoxy) is 2. The van der Waals surface area contributed by atoms with Crippen LogP contribution in [0.4, 0.5) is 0 Å². The standard InChI is InChI=1S/C7H18NO2/c1-5-10-7-8(2,3)6-9-4/h5-7H2,1-4H3/q+1. The van der Waals surface area contributed by atoms with Crippen molar-refractivity contribution in [1.82, 2.24) is 0 Å². The molecule has 0 N–H and O–H groups in total. The molecule has 0 bridgehead atoms. The fourth-order valence-electron chi connectivity index (χ4n) is 0.725. The minimum absolute atomic E-state index is 0.694. The highest BCUT2D eigenvalue weighted by Crippen LogP contribution is 1.95. The lowest BCUT2D eigenvalue weighted by atomic mass is 10.7. The van der Waals surface area contributed by atoms with E-state index in [-0.39, 0.29) is 0 Å². The number of quaternary nitrogens is 1. The summed E-state index contributed by atoms with van der Waals surface area (Å²) < 4.78 is 11.0. The molecule has 0 aliphatic carbocycles. The van der Waals surface area contributed by atoms with Crippen LogP contribution in [0.25, 0.3) is 0 Å². The minimum Gasteiger partial charge on any atom is -0.335 e. The molecule has 3 nitrogen and oxygen atoms in total. The molecule has 3 heteroatoms. The van der Waals surface area contributed by atoms with Gasteiger partial charge in [-0.25, -0.2) is 0 Å². The molecule has 62 valence electrons. The fourth-order valence-corrected chi connectivity index (χ4v) is 0.725. The summed E-state index contributed by atoms with van der Waals surface area (Å²) in [7, 11) is 5.84. The van der Waals surface area contributed by atoms with E-state index in [2.05, 4.69) is 14.1 Å². The van der Waals surface area contributed by atoms with Crippen molar-refractivity contribution in [2.45, 2.75) is 6.92 Å². The third kappa shape index (κ3) is 4.73. The summed E-state index contributed by atoms with van der Waals surface area (Å²) in [5.41, 5.74) is 0. The molecule has 0 aromatic heterocycles. The van der Waals surface area contributed by atoms with Gasteiger partial charge >= 0.3 is 0 Å².